The third kappa shape index (κ3) is 2.93. The standard InChI is InChI=1S/C13H6BrF3O3/c14-11-9(13(18)19)1-2-10(12(11)17)20-8-4-6(15)3-7(16)5-8/h1-5H,(H,18,19). The molecule has 7 heteroatoms. The summed E-state index contributed by atoms with van der Waals surface area (Å²) < 4.78 is 44.5. The molecule has 0 amide bonds. The molecule has 0 unspecified atom stereocenters. The Morgan fingerprint density at radius 1 is 1.10 bits per heavy atom. The highest BCUT2D eigenvalue weighted by atomic mass is 79.9. The molecule has 3 nitrogen and oxygen atoms in total. The highest BCUT2D eigenvalue weighted by molar-refractivity contribution is 9.10. The Morgan fingerprint density at radius 2 is 1.70 bits per heavy atom. The van der Waals surface area contributed by atoms with E-state index in [0.717, 1.165) is 24.3 Å². The molecule has 0 saturated heterocycles. The van der Waals surface area contributed by atoms with Crippen LogP contribution in [0.4, 0.5) is 13.2 Å². The summed E-state index contributed by atoms with van der Waals surface area (Å²) in [6.07, 6.45) is 0. The van der Waals surface area contributed by atoms with Gasteiger partial charge in [-0.15, -0.1) is 0 Å². The molecule has 104 valence electrons. The zero-order chi connectivity index (χ0) is 14.9. The van der Waals surface area contributed by atoms with Crippen molar-refractivity contribution in [3.8, 4) is 11.5 Å². The number of hydrogen-bond acceptors (Lipinski definition) is 2. The molecule has 0 heterocycles. The summed E-state index contributed by atoms with van der Waals surface area (Å²) >= 11 is 2.79. The molecule has 2 aromatic carbocycles. The van der Waals surface area contributed by atoms with Crippen LogP contribution in [0, 0.1) is 17.5 Å². The molecule has 20 heavy (non-hydrogen) atoms. The summed E-state index contributed by atoms with van der Waals surface area (Å²) in [6, 6.07) is 4.57. The monoisotopic (exact) mass is 346 g/mol. The number of carboxylic acids is 1. The van der Waals surface area contributed by atoms with Crippen LogP contribution in [0.5, 0.6) is 11.5 Å². The van der Waals surface area contributed by atoms with Gasteiger partial charge in [-0.25, -0.2) is 18.0 Å². The van der Waals surface area contributed by atoms with E-state index >= 15 is 0 Å². The Hall–Kier alpha value is -2.02. The fraction of sp³-hybridized carbons (Fsp3) is 0. The lowest BCUT2D eigenvalue weighted by molar-refractivity contribution is 0.0695. The van der Waals surface area contributed by atoms with E-state index in [1.54, 1.807) is 0 Å². The first-order chi connectivity index (χ1) is 9.38. The highest BCUT2D eigenvalue weighted by Gasteiger charge is 2.17. The molecule has 1 N–H and O–H groups in total. The van der Waals surface area contributed by atoms with E-state index in [0.29, 0.717) is 6.07 Å². The van der Waals surface area contributed by atoms with E-state index in [2.05, 4.69) is 15.9 Å². The molecule has 0 fully saturated rings. The van der Waals surface area contributed by atoms with Crippen molar-refractivity contribution in [1.82, 2.24) is 0 Å². The van der Waals surface area contributed by atoms with E-state index in [9.17, 15) is 18.0 Å². The minimum atomic E-state index is -1.32. The van der Waals surface area contributed by atoms with Gasteiger partial charge in [-0.3, -0.25) is 0 Å². The van der Waals surface area contributed by atoms with Gasteiger partial charge in [0.2, 0.25) is 0 Å². The van der Waals surface area contributed by atoms with E-state index in [4.69, 9.17) is 9.84 Å². The second-order valence-corrected chi connectivity index (χ2v) is 4.54. The number of carbonyl (C=O) groups is 1. The minimum Gasteiger partial charge on any atom is -0.478 e. The van der Waals surface area contributed by atoms with Crippen LogP contribution in [0.3, 0.4) is 0 Å². The topological polar surface area (TPSA) is 46.5 Å². The van der Waals surface area contributed by atoms with Gasteiger partial charge in [0, 0.05) is 18.2 Å². The quantitative estimate of drug-likeness (QED) is 0.898. The second kappa shape index (κ2) is 5.54. The fourth-order valence-electron chi connectivity index (χ4n) is 1.49. The van der Waals surface area contributed by atoms with Crippen LogP contribution in [-0.4, -0.2) is 11.1 Å². The number of aromatic carboxylic acids is 1. The number of hydrogen-bond donors (Lipinski definition) is 1. The van der Waals surface area contributed by atoms with Gasteiger partial charge in [0.15, 0.2) is 11.6 Å². The van der Waals surface area contributed by atoms with E-state index in [-0.39, 0.29) is 21.5 Å². The maximum atomic E-state index is 13.9. The van der Waals surface area contributed by atoms with E-state index < -0.39 is 23.4 Å². The van der Waals surface area contributed by atoms with Crippen molar-refractivity contribution in [3.63, 3.8) is 0 Å². The normalized spacial score (nSPS) is 10.4. The van der Waals surface area contributed by atoms with Gasteiger partial charge in [0.1, 0.15) is 17.4 Å². The van der Waals surface area contributed by atoms with Crippen molar-refractivity contribution < 1.29 is 27.8 Å². The van der Waals surface area contributed by atoms with Crippen LogP contribution < -0.4 is 4.74 Å². The number of carboxylic acid groups (broad SMARTS) is 1. The van der Waals surface area contributed by atoms with Gasteiger partial charge in [-0.2, -0.15) is 0 Å². The molecule has 0 atom stereocenters. The largest absolute Gasteiger partial charge is 0.478 e. The first-order valence-electron chi connectivity index (χ1n) is 5.23. The molecular formula is C13H6BrF3O3. The molecule has 0 bridgehead atoms. The molecular weight excluding hydrogens is 341 g/mol. The Kier molecular flexibility index (Phi) is 3.99. The third-order valence-electron chi connectivity index (χ3n) is 2.34. The van der Waals surface area contributed by atoms with Gasteiger partial charge < -0.3 is 9.84 Å². The van der Waals surface area contributed by atoms with Gasteiger partial charge in [-0.05, 0) is 28.1 Å². The predicted molar refractivity (Wildman–Crippen MR) is 67.5 cm³/mol. The van der Waals surface area contributed by atoms with Crippen LogP contribution in [-0.2, 0) is 0 Å². The summed E-state index contributed by atoms with van der Waals surface area (Å²) in [5, 5.41) is 8.81. The van der Waals surface area contributed by atoms with Gasteiger partial charge in [-0.1, -0.05) is 0 Å². The Bertz CT molecular complexity index is 669. The Labute approximate surface area is 119 Å². The van der Waals surface area contributed by atoms with Crippen molar-refractivity contribution >= 4 is 21.9 Å². The first-order valence-corrected chi connectivity index (χ1v) is 6.03. The maximum Gasteiger partial charge on any atom is 0.336 e. The molecule has 0 aromatic heterocycles. The average Bonchev–Trinajstić information content (AvgIpc) is 2.33. The first kappa shape index (κ1) is 14.4. The van der Waals surface area contributed by atoms with Crippen molar-refractivity contribution in [3.05, 3.63) is 57.8 Å². The Morgan fingerprint density at radius 3 is 2.25 bits per heavy atom. The summed E-state index contributed by atoms with van der Waals surface area (Å²) in [5.41, 5.74) is -0.291. The van der Waals surface area contributed by atoms with Crippen molar-refractivity contribution in [1.29, 1.82) is 0 Å². The molecule has 0 radical (unpaired) electrons. The molecule has 0 aliphatic heterocycles. The van der Waals surface area contributed by atoms with Crippen LogP contribution >= 0.6 is 15.9 Å². The predicted octanol–water partition coefficient (Wildman–Crippen LogP) is 4.36. The SMILES string of the molecule is O=C(O)c1ccc(Oc2cc(F)cc(F)c2)c(F)c1Br. The fourth-order valence-corrected chi connectivity index (χ4v) is 1.99. The molecule has 2 aromatic rings. The minimum absolute atomic E-state index is 0.239. The molecule has 0 aliphatic carbocycles. The number of halogens is 4. The molecule has 0 saturated carbocycles. The van der Waals surface area contributed by atoms with Crippen molar-refractivity contribution in [2.24, 2.45) is 0 Å². The van der Waals surface area contributed by atoms with Crippen LogP contribution in [0.25, 0.3) is 0 Å². The van der Waals surface area contributed by atoms with E-state index in [1.807, 2.05) is 0 Å². The summed E-state index contributed by atoms with van der Waals surface area (Å²) in [6.45, 7) is 0. The van der Waals surface area contributed by atoms with Crippen molar-refractivity contribution in [2.45, 2.75) is 0 Å². The lowest BCUT2D eigenvalue weighted by Gasteiger charge is -2.09. The number of ether oxygens (including phenoxy) is 1. The van der Waals surface area contributed by atoms with Gasteiger partial charge >= 0.3 is 5.97 Å². The van der Waals surface area contributed by atoms with E-state index in [1.165, 1.54) is 0 Å². The summed E-state index contributed by atoms with van der Waals surface area (Å²) in [7, 11) is 0. The van der Waals surface area contributed by atoms with Crippen LogP contribution in [0.1, 0.15) is 10.4 Å². The second-order valence-electron chi connectivity index (χ2n) is 3.75. The lowest BCUT2D eigenvalue weighted by atomic mass is 10.2. The van der Waals surface area contributed by atoms with Crippen molar-refractivity contribution in [2.75, 3.05) is 0 Å². The van der Waals surface area contributed by atoms with Crippen LogP contribution in [0.2, 0.25) is 0 Å². The summed E-state index contributed by atoms with van der Waals surface area (Å²) in [5.74, 6) is -4.64. The highest BCUT2D eigenvalue weighted by Crippen LogP contribution is 2.32. The third-order valence-corrected chi connectivity index (χ3v) is 3.12. The van der Waals surface area contributed by atoms with Crippen LogP contribution in [0.15, 0.2) is 34.8 Å². The molecule has 0 aliphatic rings. The Balaban J connectivity index is 2.39. The summed E-state index contributed by atoms with van der Waals surface area (Å²) in [4.78, 5) is 10.8. The zero-order valence-corrected chi connectivity index (χ0v) is 11.2. The average molecular weight is 347 g/mol. The zero-order valence-electron chi connectivity index (χ0n) is 9.66. The van der Waals surface area contributed by atoms with Gasteiger partial charge in [0.05, 0.1) is 10.0 Å². The smallest absolute Gasteiger partial charge is 0.336 e. The maximum absolute atomic E-state index is 13.9. The molecule has 0 spiro atoms. The lowest BCUT2D eigenvalue weighted by Crippen LogP contribution is -2.01. The van der Waals surface area contributed by atoms with Gasteiger partial charge in [0.25, 0.3) is 0 Å². The number of benzene rings is 2. The molecule has 2 rings (SSSR count). The number of rotatable bonds is 3.